The Morgan fingerprint density at radius 2 is 1.87 bits per heavy atom. The van der Waals surface area contributed by atoms with E-state index in [9.17, 15) is 0 Å². The van der Waals surface area contributed by atoms with Gasteiger partial charge in [-0.2, -0.15) is 0 Å². The van der Waals surface area contributed by atoms with Crippen LogP contribution in [-0.4, -0.2) is 28.9 Å². The molecule has 0 amide bonds. The highest BCUT2D eigenvalue weighted by Gasteiger charge is 2.47. The van der Waals surface area contributed by atoms with Crippen LogP contribution in [0.25, 0.3) is 0 Å². The summed E-state index contributed by atoms with van der Waals surface area (Å²) in [4.78, 5) is 0. The zero-order valence-electron chi connectivity index (χ0n) is 9.53. The van der Waals surface area contributed by atoms with Gasteiger partial charge in [0.15, 0.2) is 0 Å². The van der Waals surface area contributed by atoms with Crippen molar-refractivity contribution < 1.29 is 9.47 Å². The number of hydrogen-bond acceptors (Lipinski definition) is 2. The maximum absolute atomic E-state index is 5.76. The molecule has 3 radical (unpaired) electrons. The van der Waals surface area contributed by atoms with Crippen LogP contribution in [0.2, 0.25) is 0 Å². The molecular weight excluding hydrogens is 204 g/mol. The second-order valence-corrected chi connectivity index (χ2v) is 5.12. The molecule has 3 heteroatoms. The molecule has 2 rings (SSSR count). The zero-order valence-corrected chi connectivity index (χ0v) is 10.5. The van der Waals surface area contributed by atoms with Gasteiger partial charge in [0.25, 0.3) is 0 Å². The number of allylic oxidation sites excluding steroid dienone is 2. The molecule has 2 bridgehead atoms. The van der Waals surface area contributed by atoms with Gasteiger partial charge >= 0.3 is 0 Å². The summed E-state index contributed by atoms with van der Waals surface area (Å²) in [5.41, 5.74) is -0.562. The molecule has 0 spiro atoms. The molecule has 0 aromatic heterocycles. The molecule has 83 valence electrons. The summed E-state index contributed by atoms with van der Waals surface area (Å²) >= 11 is 0. The first kappa shape index (κ1) is 11.4. The van der Waals surface area contributed by atoms with Crippen molar-refractivity contribution in [1.29, 1.82) is 0 Å². The van der Waals surface area contributed by atoms with Crippen LogP contribution >= 0.6 is 0 Å². The minimum absolute atomic E-state index is 0.462. The molecule has 3 unspecified atom stereocenters. The van der Waals surface area contributed by atoms with Crippen LogP contribution in [0.5, 0.6) is 0 Å². The number of fused-ring (bicyclic) bond motifs is 2. The highest BCUT2D eigenvalue weighted by molar-refractivity contribution is 6.13. The van der Waals surface area contributed by atoms with Crippen molar-refractivity contribution in [1.82, 2.24) is 0 Å². The summed E-state index contributed by atoms with van der Waals surface area (Å²) in [6, 6.07) is 0. The topological polar surface area (TPSA) is 18.5 Å². The fraction of sp³-hybridized carbons (Fsp3) is 0.833. The monoisotopic (exact) mass is 223 g/mol. The van der Waals surface area contributed by atoms with Gasteiger partial charge in [-0.25, -0.2) is 0 Å². The highest BCUT2D eigenvalue weighted by Crippen LogP contribution is 2.48. The Morgan fingerprint density at radius 3 is 2.27 bits per heavy atom. The summed E-state index contributed by atoms with van der Waals surface area (Å²) < 4.78 is 11.5. The van der Waals surface area contributed by atoms with Gasteiger partial charge in [-0.15, -0.1) is 0 Å². The molecule has 1 fully saturated rings. The van der Waals surface area contributed by atoms with Crippen LogP contribution < -0.4 is 0 Å². The Hall–Kier alpha value is -0.123. The Labute approximate surface area is 95.5 Å². The lowest BCUT2D eigenvalue weighted by Crippen LogP contribution is -2.46. The first-order chi connectivity index (χ1) is 7.19. The van der Waals surface area contributed by atoms with Crippen LogP contribution in [0, 0.1) is 17.8 Å². The predicted octanol–water partition coefficient (Wildman–Crippen LogP) is 2.09. The molecule has 1 saturated carbocycles. The summed E-state index contributed by atoms with van der Waals surface area (Å²) in [5.74, 6) is 1.84. The van der Waals surface area contributed by atoms with Gasteiger partial charge in [0.1, 0.15) is 15.7 Å². The summed E-state index contributed by atoms with van der Waals surface area (Å²) in [5, 5.41) is 0. The van der Waals surface area contributed by atoms with Crippen LogP contribution in [0.15, 0.2) is 12.2 Å². The Morgan fingerprint density at radius 1 is 1.20 bits per heavy atom. The second kappa shape index (κ2) is 4.40. The fourth-order valence-electron chi connectivity index (χ4n) is 2.90. The smallest absolute Gasteiger partial charge is 0.147 e. The molecule has 2 aliphatic carbocycles. The summed E-state index contributed by atoms with van der Waals surface area (Å²) in [6.45, 7) is 5.39. The van der Waals surface area contributed by atoms with E-state index in [-0.39, 0.29) is 0 Å². The van der Waals surface area contributed by atoms with E-state index >= 15 is 0 Å². The zero-order chi connectivity index (χ0) is 10.9. The van der Waals surface area contributed by atoms with Crippen molar-refractivity contribution in [2.24, 2.45) is 17.8 Å². The van der Waals surface area contributed by atoms with E-state index in [1.165, 1.54) is 12.8 Å². The average Bonchev–Trinajstić information content (AvgIpc) is 2.79. The first-order valence-electron chi connectivity index (χ1n) is 5.90. The normalized spacial score (nSPS) is 33.9. The van der Waals surface area contributed by atoms with E-state index in [1.807, 2.05) is 13.8 Å². The van der Waals surface area contributed by atoms with Crippen LogP contribution in [0.4, 0.5) is 0 Å². The third-order valence-corrected chi connectivity index (χ3v) is 4.14. The van der Waals surface area contributed by atoms with Gasteiger partial charge in [0.2, 0.25) is 0 Å². The minimum atomic E-state index is -0.562. The van der Waals surface area contributed by atoms with E-state index in [0.717, 1.165) is 5.92 Å². The Kier molecular flexibility index (Phi) is 3.33. The van der Waals surface area contributed by atoms with Gasteiger partial charge in [-0.05, 0) is 38.5 Å². The average molecular weight is 223 g/mol. The molecule has 0 aromatic rings. The first-order valence-corrected chi connectivity index (χ1v) is 6.40. The molecule has 2 aliphatic rings. The molecular formula is C12H19O2Si. The summed E-state index contributed by atoms with van der Waals surface area (Å²) in [7, 11) is 3.71. The van der Waals surface area contributed by atoms with Crippen LogP contribution in [-0.2, 0) is 9.47 Å². The number of ether oxygens (including phenoxy) is 2. The van der Waals surface area contributed by atoms with Gasteiger partial charge in [0.05, 0.1) is 0 Å². The third-order valence-electron chi connectivity index (χ3n) is 3.48. The molecule has 0 aromatic carbocycles. The largest absolute Gasteiger partial charge is 0.355 e. The van der Waals surface area contributed by atoms with Crippen molar-refractivity contribution in [2.75, 3.05) is 13.2 Å². The predicted molar refractivity (Wildman–Crippen MR) is 60.6 cm³/mol. The molecule has 15 heavy (non-hydrogen) atoms. The molecule has 2 nitrogen and oxygen atoms in total. The van der Waals surface area contributed by atoms with Crippen molar-refractivity contribution in [3.05, 3.63) is 12.2 Å². The lowest BCUT2D eigenvalue weighted by Gasteiger charge is -2.38. The van der Waals surface area contributed by atoms with Gasteiger partial charge in [-0.3, -0.25) is 0 Å². The SMILES string of the molecule is CCOC([Si])(OCC)C1CC2C=CC1C2. The van der Waals surface area contributed by atoms with Crippen molar-refractivity contribution >= 4 is 10.2 Å². The third kappa shape index (κ3) is 2.05. The Bertz CT molecular complexity index is 246. The molecule has 0 N–H and O–H groups in total. The highest BCUT2D eigenvalue weighted by atomic mass is 28.1. The fourth-order valence-corrected chi connectivity index (χ4v) is 3.52. The van der Waals surface area contributed by atoms with Crippen LogP contribution in [0.3, 0.4) is 0 Å². The number of rotatable bonds is 5. The molecule has 0 heterocycles. The van der Waals surface area contributed by atoms with E-state index in [1.54, 1.807) is 0 Å². The van der Waals surface area contributed by atoms with Crippen molar-refractivity contribution in [3.8, 4) is 0 Å². The standard InChI is InChI=1S/C12H19O2Si/c1-3-13-12(15,14-4-2)11-8-9-5-6-10(11)7-9/h5-6,9-11H,3-4,7-8H2,1-2H3. The lowest BCUT2D eigenvalue weighted by atomic mass is 9.92. The van der Waals surface area contributed by atoms with Gasteiger partial charge in [-0.1, -0.05) is 12.2 Å². The van der Waals surface area contributed by atoms with E-state index in [2.05, 4.69) is 22.4 Å². The van der Waals surface area contributed by atoms with Crippen LogP contribution in [0.1, 0.15) is 26.7 Å². The second-order valence-electron chi connectivity index (χ2n) is 4.42. The molecule has 3 atom stereocenters. The van der Waals surface area contributed by atoms with Crippen molar-refractivity contribution in [3.63, 3.8) is 0 Å². The minimum Gasteiger partial charge on any atom is -0.355 e. The van der Waals surface area contributed by atoms with E-state index < -0.39 is 5.41 Å². The number of hydrogen-bond donors (Lipinski definition) is 0. The van der Waals surface area contributed by atoms with E-state index in [0.29, 0.717) is 25.0 Å². The maximum atomic E-state index is 5.76. The van der Waals surface area contributed by atoms with E-state index in [4.69, 9.17) is 9.47 Å². The Balaban J connectivity index is 2.08. The van der Waals surface area contributed by atoms with Gasteiger partial charge < -0.3 is 9.47 Å². The lowest BCUT2D eigenvalue weighted by molar-refractivity contribution is -0.208. The quantitative estimate of drug-likeness (QED) is 0.404. The summed E-state index contributed by atoms with van der Waals surface area (Å²) in [6.07, 6.45) is 7.12. The molecule has 0 aliphatic heterocycles. The van der Waals surface area contributed by atoms with Crippen molar-refractivity contribution in [2.45, 2.75) is 32.1 Å². The maximum Gasteiger partial charge on any atom is 0.147 e. The molecule has 0 saturated heterocycles. The van der Waals surface area contributed by atoms with Gasteiger partial charge in [0, 0.05) is 19.1 Å².